The molecule has 0 aliphatic carbocycles. The minimum Gasteiger partial charge on any atom is -0.545 e. The van der Waals surface area contributed by atoms with Gasteiger partial charge in [0.1, 0.15) is 13.2 Å². The van der Waals surface area contributed by atoms with E-state index in [0.29, 0.717) is 17.4 Å². The van der Waals surface area contributed by atoms with E-state index in [1.54, 1.807) is 0 Å². The molecule has 0 spiro atoms. The van der Waals surface area contributed by atoms with Crippen LogP contribution in [0.2, 0.25) is 0 Å². The molecule has 0 aliphatic rings. The van der Waals surface area contributed by atoms with E-state index in [0.717, 1.165) is 128 Å². The first-order valence-corrected chi connectivity index (χ1v) is 28.0. The van der Waals surface area contributed by atoms with Gasteiger partial charge >= 0.3 is 11.9 Å². The summed E-state index contributed by atoms with van der Waals surface area (Å²) in [6.07, 6.45) is 68.4. The molecule has 0 aliphatic heterocycles. The molecule has 71 heavy (non-hydrogen) atoms. The second kappa shape index (κ2) is 52.3. The zero-order valence-electron chi connectivity index (χ0n) is 45.8. The number of allylic oxidation sites excluding steroid dienone is 18. The third-order valence-corrected chi connectivity index (χ3v) is 11.5. The topological polar surface area (TPSA) is 111 Å². The Balaban J connectivity index is 4.30. The Bertz CT molecular complexity index is 1530. The highest BCUT2D eigenvalue weighted by atomic mass is 16.7. The minimum atomic E-state index is -1.63. The number of aliphatic carboxylic acids is 1. The largest absolute Gasteiger partial charge is 0.545 e. The van der Waals surface area contributed by atoms with E-state index in [-0.39, 0.29) is 38.6 Å². The van der Waals surface area contributed by atoms with Crippen LogP contribution in [-0.4, -0.2) is 82.3 Å². The first-order valence-electron chi connectivity index (χ1n) is 28.0. The number of likely N-dealkylation sites (N-methyl/N-ethyl adjacent to an activating group) is 1. The van der Waals surface area contributed by atoms with Gasteiger partial charge in [0.05, 0.1) is 40.3 Å². The van der Waals surface area contributed by atoms with Crippen molar-refractivity contribution < 1.29 is 42.9 Å². The monoisotopic (exact) mass is 990 g/mol. The van der Waals surface area contributed by atoms with Gasteiger partial charge in [-0.1, -0.05) is 207 Å². The van der Waals surface area contributed by atoms with Crippen LogP contribution in [0.1, 0.15) is 206 Å². The van der Waals surface area contributed by atoms with E-state index in [9.17, 15) is 19.5 Å². The molecule has 404 valence electrons. The van der Waals surface area contributed by atoms with Gasteiger partial charge in [-0.25, -0.2) is 0 Å². The fourth-order valence-electron chi connectivity index (χ4n) is 7.26. The predicted octanol–water partition coefficient (Wildman–Crippen LogP) is 15.0. The second-order valence-electron chi connectivity index (χ2n) is 19.5. The maximum absolute atomic E-state index is 12.9. The van der Waals surface area contributed by atoms with E-state index in [2.05, 4.69) is 123 Å². The maximum atomic E-state index is 12.9. The molecule has 0 aromatic rings. The van der Waals surface area contributed by atoms with Gasteiger partial charge < -0.3 is 33.3 Å². The summed E-state index contributed by atoms with van der Waals surface area (Å²) in [5.74, 6) is -2.32. The Hall–Kier alpha value is -4.05. The summed E-state index contributed by atoms with van der Waals surface area (Å²) in [5.41, 5.74) is 0. The molecule has 2 atom stereocenters. The zero-order valence-corrected chi connectivity index (χ0v) is 45.8. The molecule has 0 amide bonds. The Morgan fingerprint density at radius 3 is 1.13 bits per heavy atom. The van der Waals surface area contributed by atoms with Crippen molar-refractivity contribution in [2.45, 2.75) is 219 Å². The Kier molecular flexibility index (Phi) is 49.3. The van der Waals surface area contributed by atoms with Crippen molar-refractivity contribution in [1.29, 1.82) is 0 Å². The zero-order chi connectivity index (χ0) is 52.0. The molecule has 0 radical (unpaired) electrons. The molecule has 0 aromatic carbocycles. The second-order valence-corrected chi connectivity index (χ2v) is 19.5. The van der Waals surface area contributed by atoms with Gasteiger partial charge in [-0.15, -0.1) is 0 Å². The van der Waals surface area contributed by atoms with Crippen molar-refractivity contribution in [3.8, 4) is 0 Å². The van der Waals surface area contributed by atoms with Crippen molar-refractivity contribution in [3.05, 3.63) is 109 Å². The van der Waals surface area contributed by atoms with Gasteiger partial charge in [-0.05, 0) is 96.3 Å². The smallest absolute Gasteiger partial charge is 0.306 e. The molecule has 0 rings (SSSR count). The van der Waals surface area contributed by atoms with Crippen molar-refractivity contribution >= 4 is 17.9 Å². The van der Waals surface area contributed by atoms with Crippen LogP contribution in [0.4, 0.5) is 0 Å². The average Bonchev–Trinajstić information content (AvgIpc) is 3.34. The summed E-state index contributed by atoms with van der Waals surface area (Å²) in [4.78, 5) is 37.3. The molecular formula is C62H103NO8. The Morgan fingerprint density at radius 2 is 0.761 bits per heavy atom. The van der Waals surface area contributed by atoms with Crippen LogP contribution >= 0.6 is 0 Å². The number of carbonyl (C=O) groups is 3. The lowest BCUT2D eigenvalue weighted by molar-refractivity contribution is -0.870. The summed E-state index contributed by atoms with van der Waals surface area (Å²) in [6, 6.07) is 0. The highest BCUT2D eigenvalue weighted by molar-refractivity contribution is 5.70. The first kappa shape index (κ1) is 67.0. The van der Waals surface area contributed by atoms with Crippen LogP contribution in [0.25, 0.3) is 0 Å². The van der Waals surface area contributed by atoms with Crippen molar-refractivity contribution in [3.63, 3.8) is 0 Å². The fourth-order valence-corrected chi connectivity index (χ4v) is 7.26. The summed E-state index contributed by atoms with van der Waals surface area (Å²) in [5, 5.41) is 11.8. The van der Waals surface area contributed by atoms with Gasteiger partial charge in [0, 0.05) is 12.8 Å². The predicted molar refractivity (Wildman–Crippen MR) is 297 cm³/mol. The number of carboxylic acids is 1. The molecule has 2 unspecified atom stereocenters. The van der Waals surface area contributed by atoms with Crippen molar-refractivity contribution in [2.75, 3.05) is 47.5 Å². The number of esters is 2. The number of rotatable bonds is 50. The molecule has 0 saturated heterocycles. The standard InChI is InChI=1S/C62H103NO8/c1-6-8-10-12-14-16-18-20-22-24-26-27-28-29-30-31-32-33-35-37-39-41-43-45-47-49-51-53-60(65)71-58(57-70-62(61(66)67)68-55-54-63(3,4)5)56-69-59(64)52-50-48-46-44-42-40-38-36-34-25-23-21-19-17-15-13-11-9-7-2/h8-11,14-17,20-23,26-27,29-30,34,36,58,62H,6-7,12-13,18-19,24-25,28,31-33,35,37-57H2,1-5H3/b10-8-,11-9-,16-14-,17-15-,22-20-,23-21-,27-26-,30-29-,36-34-. The maximum Gasteiger partial charge on any atom is 0.306 e. The van der Waals surface area contributed by atoms with Crippen LogP contribution in [0.3, 0.4) is 0 Å². The number of ether oxygens (including phenoxy) is 4. The minimum absolute atomic E-state index is 0.139. The number of hydrogen-bond acceptors (Lipinski definition) is 8. The number of nitrogens with zero attached hydrogens (tertiary/aromatic N) is 1. The molecule has 9 nitrogen and oxygen atoms in total. The number of unbranched alkanes of at least 4 members (excludes halogenated alkanes) is 17. The normalized spacial score (nSPS) is 13.6. The number of carboxylic acid groups (broad SMARTS) is 1. The highest BCUT2D eigenvalue weighted by Crippen LogP contribution is 2.15. The molecule has 9 heteroatoms. The summed E-state index contributed by atoms with van der Waals surface area (Å²) < 4.78 is 22.7. The van der Waals surface area contributed by atoms with Crippen molar-refractivity contribution in [2.24, 2.45) is 0 Å². The van der Waals surface area contributed by atoms with E-state index in [1.165, 1.54) is 44.9 Å². The first-order chi connectivity index (χ1) is 34.6. The lowest BCUT2D eigenvalue weighted by Crippen LogP contribution is -2.44. The molecule has 0 bridgehead atoms. The lowest BCUT2D eigenvalue weighted by Gasteiger charge is -2.26. The van der Waals surface area contributed by atoms with E-state index in [1.807, 2.05) is 21.1 Å². The SMILES string of the molecule is CC/C=C\C/C=C\C/C=C\C/C=C\C/C=C\CCCCCCCCCCCCCC(=O)OC(COC(=O)CCCCCCCC/C=C\C/C=C\C/C=C\C/C=C\CC)COC(OCC[N+](C)(C)C)C(=O)[O-]. The molecule has 0 fully saturated rings. The van der Waals surface area contributed by atoms with Gasteiger partial charge in [0.15, 0.2) is 12.4 Å². The molecule has 0 aromatic heterocycles. The third-order valence-electron chi connectivity index (χ3n) is 11.5. The highest BCUT2D eigenvalue weighted by Gasteiger charge is 2.22. The number of hydrogen-bond donors (Lipinski definition) is 0. The summed E-state index contributed by atoms with van der Waals surface area (Å²) >= 11 is 0. The van der Waals surface area contributed by atoms with Crippen LogP contribution in [0.15, 0.2) is 109 Å². The summed E-state index contributed by atoms with van der Waals surface area (Å²) in [7, 11) is 5.91. The van der Waals surface area contributed by atoms with E-state index >= 15 is 0 Å². The summed E-state index contributed by atoms with van der Waals surface area (Å²) in [6.45, 7) is 4.49. The van der Waals surface area contributed by atoms with E-state index in [4.69, 9.17) is 18.9 Å². The van der Waals surface area contributed by atoms with Crippen LogP contribution in [0.5, 0.6) is 0 Å². The van der Waals surface area contributed by atoms with Crippen LogP contribution in [-0.2, 0) is 33.3 Å². The third kappa shape index (κ3) is 53.6. The molecule has 0 heterocycles. The van der Waals surface area contributed by atoms with Gasteiger partial charge in [-0.2, -0.15) is 0 Å². The molecule has 0 N–H and O–H groups in total. The van der Waals surface area contributed by atoms with Gasteiger partial charge in [-0.3, -0.25) is 9.59 Å². The fraction of sp³-hybridized carbons (Fsp3) is 0.661. The van der Waals surface area contributed by atoms with Gasteiger partial charge in [0.2, 0.25) is 0 Å². The van der Waals surface area contributed by atoms with Crippen LogP contribution in [0, 0.1) is 0 Å². The Morgan fingerprint density at radius 1 is 0.423 bits per heavy atom. The Labute approximate surface area is 434 Å². The van der Waals surface area contributed by atoms with Crippen molar-refractivity contribution in [1.82, 2.24) is 0 Å². The number of carbonyl (C=O) groups excluding carboxylic acids is 3. The average molecular weight is 991 g/mol. The van der Waals surface area contributed by atoms with Crippen LogP contribution < -0.4 is 5.11 Å². The van der Waals surface area contributed by atoms with Gasteiger partial charge in [0.25, 0.3) is 0 Å². The van der Waals surface area contributed by atoms with E-state index < -0.39 is 24.3 Å². The number of quaternary nitrogens is 1. The quantitative estimate of drug-likeness (QED) is 0.0195. The molecular weight excluding hydrogens is 887 g/mol. The lowest BCUT2D eigenvalue weighted by atomic mass is 10.0. The molecule has 0 saturated carbocycles.